The van der Waals surface area contributed by atoms with Crippen LogP contribution in [-0.2, 0) is 11.8 Å². The Morgan fingerprint density at radius 1 is 1.06 bits per heavy atom. The molecule has 2 saturated heterocycles. The molecule has 6 heteroatoms. The zero-order chi connectivity index (χ0) is 23.1. The van der Waals surface area contributed by atoms with Crippen molar-refractivity contribution in [2.75, 3.05) is 19.6 Å². The van der Waals surface area contributed by atoms with E-state index in [-0.39, 0.29) is 23.4 Å². The molecule has 1 aromatic carbocycles. The zero-order valence-corrected chi connectivity index (χ0v) is 19.8. The van der Waals surface area contributed by atoms with E-state index in [0.717, 1.165) is 44.8 Å². The Hall–Kier alpha value is -1.27. The molecule has 184 valence electrons. The molecule has 2 heterocycles. The average Bonchev–Trinajstić information content (AvgIpc) is 3.41. The van der Waals surface area contributed by atoms with Crippen LogP contribution in [0.15, 0.2) is 18.2 Å². The zero-order valence-electron chi connectivity index (χ0n) is 19.8. The summed E-state index contributed by atoms with van der Waals surface area (Å²) in [5, 5.41) is 10.6. The van der Waals surface area contributed by atoms with Crippen LogP contribution in [-0.4, -0.2) is 58.8 Å². The Morgan fingerprint density at radius 2 is 1.88 bits per heavy atom. The molecule has 1 N–H and O–H groups in total. The summed E-state index contributed by atoms with van der Waals surface area (Å²) in [4.78, 5) is 5.16. The number of hydrogen-bond acceptors (Lipinski definition) is 3. The van der Waals surface area contributed by atoms with Gasteiger partial charge in [-0.1, -0.05) is 12.5 Å². The highest BCUT2D eigenvalue weighted by molar-refractivity contribution is 5.50. The summed E-state index contributed by atoms with van der Waals surface area (Å²) in [6.45, 7) is 2.18. The van der Waals surface area contributed by atoms with Crippen molar-refractivity contribution in [3.63, 3.8) is 0 Å². The second kappa shape index (κ2) is 6.34. The predicted molar refractivity (Wildman–Crippen MR) is 123 cm³/mol. The minimum Gasteiger partial charge on any atom is -0.508 e. The number of fused-ring (bicyclic) bond motifs is 1. The molecule has 0 spiro atoms. The third-order valence-corrected chi connectivity index (χ3v) is 12.1. The van der Waals surface area contributed by atoms with Crippen molar-refractivity contribution < 1.29 is 18.3 Å². The Bertz CT molecular complexity index is 1050. The predicted octanol–water partition coefficient (Wildman–Crippen LogP) is 5.26. The lowest BCUT2D eigenvalue weighted by Crippen LogP contribution is -2.71. The van der Waals surface area contributed by atoms with Crippen molar-refractivity contribution in [2.45, 2.75) is 93.9 Å². The standard InChI is InChI=1S/C28H35F3N2O/c29-28(30,31)25(8-9-25)16-32-15-18-14-26-7-6-22(32)24(18)27(26)10-11-33(19-2-1-3-19)23(26)12-17-4-5-20(34)13-21(17)27/h4-5,13,18-19,22-24,34H,1-3,6-12,14-16H2/t18-,22?,23?,24?,26?,27?/m1/s1. The number of phenols is 1. The molecule has 34 heavy (non-hydrogen) atoms. The fourth-order valence-electron chi connectivity index (χ4n) is 10.6. The van der Waals surface area contributed by atoms with Gasteiger partial charge in [-0.25, -0.2) is 0 Å². The summed E-state index contributed by atoms with van der Waals surface area (Å²) in [6, 6.07) is 7.63. The first-order valence-electron chi connectivity index (χ1n) is 13.7. The molecule has 4 bridgehead atoms. The molecule has 6 atom stereocenters. The molecule has 1 aromatic rings. The van der Waals surface area contributed by atoms with Crippen molar-refractivity contribution >= 4 is 0 Å². The Balaban J connectivity index is 1.23. The molecule has 0 amide bonds. The molecule has 2 aliphatic heterocycles. The van der Waals surface area contributed by atoms with Gasteiger partial charge in [0.2, 0.25) is 0 Å². The number of rotatable bonds is 3. The fraction of sp³-hybridized carbons (Fsp3) is 0.786. The van der Waals surface area contributed by atoms with Gasteiger partial charge in [-0.05, 0) is 105 Å². The SMILES string of the molecule is Oc1ccc2c(c1)C13CCN(C4CCC4)C(C2)C12CCC1C3[C@@H](CN1CC1(C(F)(F)F)CC1)C2. The molecule has 0 radical (unpaired) electrons. The van der Waals surface area contributed by atoms with Crippen LogP contribution in [0.2, 0.25) is 0 Å². The molecule has 5 unspecified atom stereocenters. The van der Waals surface area contributed by atoms with Crippen molar-refractivity contribution in [3.05, 3.63) is 29.3 Å². The minimum absolute atomic E-state index is 0.0293. The van der Waals surface area contributed by atoms with E-state index in [0.29, 0.717) is 36.5 Å². The van der Waals surface area contributed by atoms with Gasteiger partial charge in [0.05, 0.1) is 5.41 Å². The Kier molecular flexibility index (Phi) is 3.89. The van der Waals surface area contributed by atoms with Crippen LogP contribution < -0.4 is 0 Å². The number of likely N-dealkylation sites (tertiary alicyclic amines) is 2. The number of nitrogens with zero attached hydrogens (tertiary/aromatic N) is 2. The van der Waals surface area contributed by atoms with Crippen molar-refractivity contribution in [3.8, 4) is 5.75 Å². The van der Waals surface area contributed by atoms with Gasteiger partial charge in [0, 0.05) is 36.6 Å². The molecule has 6 fully saturated rings. The van der Waals surface area contributed by atoms with Gasteiger partial charge < -0.3 is 5.11 Å². The lowest BCUT2D eigenvalue weighted by Gasteiger charge is -2.68. The van der Waals surface area contributed by atoms with Gasteiger partial charge in [-0.15, -0.1) is 0 Å². The van der Waals surface area contributed by atoms with E-state index in [4.69, 9.17) is 0 Å². The fourth-order valence-corrected chi connectivity index (χ4v) is 10.6. The van der Waals surface area contributed by atoms with Crippen LogP contribution in [0.3, 0.4) is 0 Å². The highest BCUT2D eigenvalue weighted by Gasteiger charge is 2.77. The number of phenolic OH excluding ortho intramolecular Hbond substituents is 1. The second-order valence-corrected chi connectivity index (χ2v) is 13.1. The van der Waals surface area contributed by atoms with Crippen LogP contribution in [0.5, 0.6) is 5.75 Å². The van der Waals surface area contributed by atoms with Crippen LogP contribution >= 0.6 is 0 Å². The van der Waals surface area contributed by atoms with Crippen LogP contribution in [0.4, 0.5) is 13.2 Å². The smallest absolute Gasteiger partial charge is 0.395 e. The first-order valence-corrected chi connectivity index (χ1v) is 13.7. The summed E-state index contributed by atoms with van der Waals surface area (Å²) in [7, 11) is 0. The van der Waals surface area contributed by atoms with E-state index in [1.165, 1.54) is 36.8 Å². The third-order valence-electron chi connectivity index (χ3n) is 12.1. The molecule has 4 saturated carbocycles. The quantitative estimate of drug-likeness (QED) is 0.651. The van der Waals surface area contributed by atoms with Gasteiger partial charge in [0.25, 0.3) is 0 Å². The summed E-state index contributed by atoms with van der Waals surface area (Å²) in [5.74, 6) is 1.29. The molecule has 3 nitrogen and oxygen atoms in total. The van der Waals surface area contributed by atoms with Gasteiger partial charge >= 0.3 is 6.18 Å². The Morgan fingerprint density at radius 3 is 2.59 bits per heavy atom. The summed E-state index contributed by atoms with van der Waals surface area (Å²) >= 11 is 0. The number of halogens is 3. The molecule has 7 aliphatic rings. The molecule has 8 rings (SSSR count). The van der Waals surface area contributed by atoms with Crippen molar-refractivity contribution in [1.29, 1.82) is 0 Å². The largest absolute Gasteiger partial charge is 0.508 e. The van der Waals surface area contributed by atoms with E-state index in [1.54, 1.807) is 0 Å². The summed E-state index contributed by atoms with van der Waals surface area (Å²) in [5.41, 5.74) is 1.59. The van der Waals surface area contributed by atoms with Crippen molar-refractivity contribution in [2.24, 2.45) is 22.7 Å². The van der Waals surface area contributed by atoms with E-state index in [9.17, 15) is 18.3 Å². The number of benzene rings is 1. The highest BCUT2D eigenvalue weighted by atomic mass is 19.4. The van der Waals surface area contributed by atoms with Crippen molar-refractivity contribution in [1.82, 2.24) is 9.80 Å². The van der Waals surface area contributed by atoms with Gasteiger partial charge in [0.15, 0.2) is 0 Å². The monoisotopic (exact) mass is 472 g/mol. The molecule has 0 aromatic heterocycles. The lowest BCUT2D eigenvalue weighted by molar-refractivity contribution is -0.195. The van der Waals surface area contributed by atoms with Gasteiger partial charge in [0.1, 0.15) is 5.75 Å². The van der Waals surface area contributed by atoms with Crippen LogP contribution in [0.25, 0.3) is 0 Å². The maximum Gasteiger partial charge on any atom is 0.395 e. The summed E-state index contributed by atoms with van der Waals surface area (Å²) < 4.78 is 41.7. The Labute approximate surface area is 199 Å². The number of hydrogen-bond donors (Lipinski definition) is 1. The van der Waals surface area contributed by atoms with Crippen LogP contribution in [0.1, 0.15) is 68.9 Å². The van der Waals surface area contributed by atoms with Gasteiger partial charge in [-0.2, -0.15) is 13.2 Å². The lowest BCUT2D eigenvalue weighted by atomic mass is 9.43. The van der Waals surface area contributed by atoms with E-state index >= 15 is 0 Å². The second-order valence-electron chi connectivity index (χ2n) is 13.1. The van der Waals surface area contributed by atoms with E-state index in [2.05, 4.69) is 21.9 Å². The third kappa shape index (κ3) is 2.30. The number of aromatic hydroxyl groups is 1. The first-order chi connectivity index (χ1) is 16.3. The minimum atomic E-state index is -4.08. The van der Waals surface area contributed by atoms with Gasteiger partial charge in [-0.3, -0.25) is 9.80 Å². The van der Waals surface area contributed by atoms with E-state index < -0.39 is 11.6 Å². The maximum atomic E-state index is 13.9. The normalized spacial score (nSPS) is 44.4. The first kappa shape index (κ1) is 20.9. The highest BCUT2D eigenvalue weighted by Crippen LogP contribution is 2.76. The summed E-state index contributed by atoms with van der Waals surface area (Å²) in [6.07, 6.45) is 6.10. The van der Waals surface area contributed by atoms with E-state index in [1.807, 2.05) is 6.07 Å². The maximum absolute atomic E-state index is 13.9. The molecular formula is C28H35F3N2O. The molecule has 5 aliphatic carbocycles. The van der Waals surface area contributed by atoms with Crippen LogP contribution in [0, 0.1) is 22.7 Å². The average molecular weight is 473 g/mol. The topological polar surface area (TPSA) is 26.7 Å². The number of piperidine rings is 1. The number of alkyl halides is 3. The molecular weight excluding hydrogens is 437 g/mol.